The number of anilines is 1. The van der Waals surface area contributed by atoms with Crippen molar-refractivity contribution in [2.75, 3.05) is 31.1 Å². The van der Waals surface area contributed by atoms with Gasteiger partial charge >= 0.3 is 0 Å². The van der Waals surface area contributed by atoms with Gasteiger partial charge in [-0.3, -0.25) is 4.79 Å². The number of halogens is 1. The Morgan fingerprint density at radius 3 is 2.52 bits per heavy atom. The van der Waals surface area contributed by atoms with Gasteiger partial charge in [0.25, 0.3) is 0 Å². The summed E-state index contributed by atoms with van der Waals surface area (Å²) in [5, 5.41) is 21.8. The van der Waals surface area contributed by atoms with Crippen LogP contribution in [0, 0.1) is 5.82 Å². The highest BCUT2D eigenvalue weighted by atomic mass is 19.1. The van der Waals surface area contributed by atoms with E-state index in [0.717, 1.165) is 41.8 Å². The minimum atomic E-state index is -0.948. The molecule has 6 heteroatoms. The van der Waals surface area contributed by atoms with Gasteiger partial charge in [0.1, 0.15) is 5.82 Å². The summed E-state index contributed by atoms with van der Waals surface area (Å²) in [4.78, 5) is 16.2. The molecule has 2 aromatic carbocycles. The number of carbonyl (C=O) groups is 1. The Morgan fingerprint density at radius 2 is 1.84 bits per heavy atom. The highest BCUT2D eigenvalue weighted by Gasteiger charge is 2.34. The van der Waals surface area contributed by atoms with E-state index in [1.54, 1.807) is 12.1 Å². The third-order valence-corrected chi connectivity index (χ3v) is 6.71. The Kier molecular flexibility index (Phi) is 6.42. The SMILES string of the molecule is CCC(=O)N1CCCc2cc([C@H](O)CN3CCC(O)(c4ccc(F)cc4)CC3)ccc21. The molecule has 2 aliphatic rings. The molecule has 1 amide bonds. The molecule has 0 radical (unpaired) electrons. The van der Waals surface area contributed by atoms with E-state index in [9.17, 15) is 19.4 Å². The maximum absolute atomic E-state index is 13.2. The molecule has 31 heavy (non-hydrogen) atoms. The van der Waals surface area contributed by atoms with Gasteiger partial charge in [0.15, 0.2) is 0 Å². The summed E-state index contributed by atoms with van der Waals surface area (Å²) in [6.07, 6.45) is 2.81. The molecular formula is C25H31FN2O3. The van der Waals surface area contributed by atoms with Crippen LogP contribution in [0.5, 0.6) is 0 Å². The molecule has 1 atom stereocenters. The molecule has 2 aromatic rings. The van der Waals surface area contributed by atoms with Crippen LogP contribution in [-0.2, 0) is 16.8 Å². The van der Waals surface area contributed by atoms with Crippen molar-refractivity contribution < 1.29 is 19.4 Å². The summed E-state index contributed by atoms with van der Waals surface area (Å²) in [5.41, 5.74) is 2.75. The Labute approximate surface area is 183 Å². The number of benzene rings is 2. The Balaban J connectivity index is 1.39. The molecular weight excluding hydrogens is 395 g/mol. The zero-order valence-corrected chi connectivity index (χ0v) is 18.1. The van der Waals surface area contributed by atoms with Crippen LogP contribution < -0.4 is 4.90 Å². The fraction of sp³-hybridized carbons (Fsp3) is 0.480. The van der Waals surface area contributed by atoms with Crippen LogP contribution in [0.4, 0.5) is 10.1 Å². The molecule has 166 valence electrons. The molecule has 0 saturated carbocycles. The second kappa shape index (κ2) is 9.07. The molecule has 4 rings (SSSR count). The molecule has 0 bridgehead atoms. The summed E-state index contributed by atoms with van der Waals surface area (Å²) < 4.78 is 13.2. The van der Waals surface area contributed by atoms with Gasteiger partial charge in [-0.25, -0.2) is 4.39 Å². The smallest absolute Gasteiger partial charge is 0.226 e. The zero-order chi connectivity index (χ0) is 22.0. The van der Waals surface area contributed by atoms with E-state index in [0.29, 0.717) is 38.9 Å². The number of amides is 1. The molecule has 2 N–H and O–H groups in total. The number of piperidine rings is 1. The number of hydrogen-bond acceptors (Lipinski definition) is 4. The average molecular weight is 427 g/mol. The van der Waals surface area contributed by atoms with Crippen LogP contribution in [0.25, 0.3) is 0 Å². The lowest BCUT2D eigenvalue weighted by Crippen LogP contribution is -2.44. The van der Waals surface area contributed by atoms with Gasteiger partial charge in [0.05, 0.1) is 11.7 Å². The van der Waals surface area contributed by atoms with Gasteiger partial charge in [-0.1, -0.05) is 31.2 Å². The molecule has 1 saturated heterocycles. The Bertz CT molecular complexity index is 923. The monoisotopic (exact) mass is 426 g/mol. The topological polar surface area (TPSA) is 64.0 Å². The molecule has 2 aliphatic heterocycles. The van der Waals surface area contributed by atoms with Crippen molar-refractivity contribution in [3.8, 4) is 0 Å². The highest BCUT2D eigenvalue weighted by Crippen LogP contribution is 2.34. The normalized spacial score (nSPS) is 19.7. The lowest BCUT2D eigenvalue weighted by molar-refractivity contribution is -0.118. The lowest BCUT2D eigenvalue weighted by Gasteiger charge is -2.39. The van der Waals surface area contributed by atoms with E-state index in [4.69, 9.17) is 0 Å². The number of rotatable bonds is 5. The number of aliphatic hydroxyl groups excluding tert-OH is 1. The largest absolute Gasteiger partial charge is 0.387 e. The fourth-order valence-electron chi connectivity index (χ4n) is 4.78. The summed E-state index contributed by atoms with van der Waals surface area (Å²) in [6, 6.07) is 12.0. The van der Waals surface area contributed by atoms with Crippen molar-refractivity contribution in [1.29, 1.82) is 0 Å². The number of nitrogens with zero attached hydrogens (tertiary/aromatic N) is 2. The van der Waals surface area contributed by atoms with E-state index in [-0.39, 0.29) is 11.7 Å². The summed E-state index contributed by atoms with van der Waals surface area (Å²) >= 11 is 0. The Morgan fingerprint density at radius 1 is 1.13 bits per heavy atom. The second-order valence-corrected chi connectivity index (χ2v) is 8.75. The Hall–Kier alpha value is -2.28. The third kappa shape index (κ3) is 4.66. The molecule has 0 aliphatic carbocycles. The van der Waals surface area contributed by atoms with Crippen LogP contribution >= 0.6 is 0 Å². The van der Waals surface area contributed by atoms with E-state index in [1.807, 2.05) is 30.0 Å². The lowest BCUT2D eigenvalue weighted by atomic mass is 9.84. The van der Waals surface area contributed by atoms with Crippen molar-refractivity contribution >= 4 is 11.6 Å². The van der Waals surface area contributed by atoms with Gasteiger partial charge in [-0.05, 0) is 60.6 Å². The van der Waals surface area contributed by atoms with Crippen molar-refractivity contribution in [3.63, 3.8) is 0 Å². The minimum absolute atomic E-state index is 0.135. The van der Waals surface area contributed by atoms with Gasteiger partial charge < -0.3 is 20.0 Å². The van der Waals surface area contributed by atoms with Crippen molar-refractivity contribution in [1.82, 2.24) is 4.90 Å². The summed E-state index contributed by atoms with van der Waals surface area (Å²) in [7, 11) is 0. The van der Waals surface area contributed by atoms with Crippen LogP contribution in [0.3, 0.4) is 0 Å². The summed E-state index contributed by atoms with van der Waals surface area (Å²) in [6.45, 7) is 4.45. The number of carbonyl (C=O) groups excluding carboxylic acids is 1. The van der Waals surface area contributed by atoms with Crippen LogP contribution in [0.2, 0.25) is 0 Å². The van der Waals surface area contributed by atoms with Gasteiger partial charge in [0, 0.05) is 38.3 Å². The van der Waals surface area contributed by atoms with Gasteiger partial charge in [-0.2, -0.15) is 0 Å². The zero-order valence-electron chi connectivity index (χ0n) is 18.1. The first-order valence-electron chi connectivity index (χ1n) is 11.2. The predicted octanol–water partition coefficient (Wildman–Crippen LogP) is 3.53. The third-order valence-electron chi connectivity index (χ3n) is 6.71. The van der Waals surface area contributed by atoms with Crippen molar-refractivity contribution in [3.05, 3.63) is 65.0 Å². The molecule has 0 spiro atoms. The number of β-amino-alcohol motifs (C(OH)–C–C–N with tert-alkyl or cyclic N) is 1. The fourth-order valence-corrected chi connectivity index (χ4v) is 4.78. The quantitative estimate of drug-likeness (QED) is 0.768. The van der Waals surface area contributed by atoms with Crippen LogP contribution in [0.1, 0.15) is 55.4 Å². The molecule has 5 nitrogen and oxygen atoms in total. The first kappa shape index (κ1) is 21.9. The molecule has 0 aromatic heterocycles. The van der Waals surface area contributed by atoms with Crippen LogP contribution in [-0.4, -0.2) is 47.2 Å². The van der Waals surface area contributed by atoms with Crippen molar-refractivity contribution in [2.24, 2.45) is 0 Å². The number of hydrogen-bond donors (Lipinski definition) is 2. The van der Waals surface area contributed by atoms with Gasteiger partial charge in [0.2, 0.25) is 5.91 Å². The number of aryl methyl sites for hydroxylation is 1. The second-order valence-electron chi connectivity index (χ2n) is 8.75. The number of aliphatic hydroxyl groups is 2. The molecule has 1 fully saturated rings. The maximum atomic E-state index is 13.2. The van der Waals surface area contributed by atoms with Gasteiger partial charge in [-0.15, -0.1) is 0 Å². The number of likely N-dealkylation sites (tertiary alicyclic amines) is 1. The maximum Gasteiger partial charge on any atom is 0.226 e. The van der Waals surface area contributed by atoms with E-state index >= 15 is 0 Å². The molecule has 2 heterocycles. The van der Waals surface area contributed by atoms with E-state index in [1.165, 1.54) is 12.1 Å². The van der Waals surface area contributed by atoms with E-state index < -0.39 is 11.7 Å². The van der Waals surface area contributed by atoms with Crippen LogP contribution in [0.15, 0.2) is 42.5 Å². The minimum Gasteiger partial charge on any atom is -0.387 e. The van der Waals surface area contributed by atoms with Crippen molar-refractivity contribution in [2.45, 2.75) is 50.7 Å². The highest BCUT2D eigenvalue weighted by molar-refractivity contribution is 5.94. The predicted molar refractivity (Wildman–Crippen MR) is 118 cm³/mol. The first-order valence-corrected chi connectivity index (χ1v) is 11.2. The molecule has 0 unspecified atom stereocenters. The standard InChI is InChI=1S/C25H31FN2O3/c1-2-24(30)28-13-3-4-18-16-19(5-10-22(18)28)23(29)17-27-14-11-25(31,12-15-27)20-6-8-21(26)9-7-20/h5-10,16,23,29,31H,2-4,11-15,17H2,1H3/t23-/m1/s1. The summed E-state index contributed by atoms with van der Waals surface area (Å²) in [5.74, 6) is -0.170. The average Bonchev–Trinajstić information content (AvgIpc) is 2.79. The first-order chi connectivity index (χ1) is 14.9. The number of fused-ring (bicyclic) bond motifs is 1. The van der Waals surface area contributed by atoms with E-state index in [2.05, 4.69) is 4.90 Å².